The molecule has 74 valence electrons. The van der Waals surface area contributed by atoms with Crippen molar-refractivity contribution in [3.63, 3.8) is 0 Å². The summed E-state index contributed by atoms with van der Waals surface area (Å²) in [5.74, 6) is 1.58. The van der Waals surface area contributed by atoms with Crippen LogP contribution < -0.4 is 5.32 Å². The fourth-order valence-corrected chi connectivity index (χ4v) is 2.87. The Kier molecular flexibility index (Phi) is 1.77. The van der Waals surface area contributed by atoms with E-state index in [9.17, 15) is 0 Å². The fourth-order valence-electron chi connectivity index (χ4n) is 2.87. The zero-order chi connectivity index (χ0) is 9.54. The Balaban J connectivity index is 2.01. The number of hydrogen-bond acceptors (Lipinski definition) is 2. The van der Waals surface area contributed by atoms with E-state index in [0.29, 0.717) is 0 Å². The lowest BCUT2D eigenvalue weighted by Crippen LogP contribution is -2.26. The molecule has 14 heavy (non-hydrogen) atoms. The zero-order valence-corrected chi connectivity index (χ0v) is 8.53. The summed E-state index contributed by atoms with van der Waals surface area (Å²) in [5, 5.41) is 3.53. The first-order valence-corrected chi connectivity index (χ1v) is 5.36. The highest BCUT2D eigenvalue weighted by molar-refractivity contribution is 5.55. The van der Waals surface area contributed by atoms with E-state index in [0.717, 1.165) is 18.4 Å². The Bertz CT molecular complexity index is 348. The van der Waals surface area contributed by atoms with Crippen LogP contribution in [0.2, 0.25) is 0 Å². The first-order valence-electron chi connectivity index (χ1n) is 5.36. The summed E-state index contributed by atoms with van der Waals surface area (Å²) in [4.78, 5) is 2.44. The van der Waals surface area contributed by atoms with Gasteiger partial charge in [-0.15, -0.1) is 0 Å². The average Bonchev–Trinajstić information content (AvgIpc) is 2.59. The molecule has 0 bridgehead atoms. The molecule has 1 aromatic rings. The quantitative estimate of drug-likeness (QED) is 0.667. The molecule has 2 aliphatic rings. The highest BCUT2D eigenvalue weighted by Gasteiger charge is 2.35. The van der Waals surface area contributed by atoms with Gasteiger partial charge in [0.1, 0.15) is 0 Å². The van der Waals surface area contributed by atoms with Gasteiger partial charge < -0.3 is 10.2 Å². The van der Waals surface area contributed by atoms with Crippen molar-refractivity contribution in [2.45, 2.75) is 5.92 Å². The van der Waals surface area contributed by atoms with Crippen LogP contribution >= 0.6 is 0 Å². The number of fused-ring (bicyclic) bond motifs is 3. The Morgan fingerprint density at radius 1 is 1.29 bits per heavy atom. The maximum absolute atomic E-state index is 3.53. The van der Waals surface area contributed by atoms with Crippen LogP contribution in [0.1, 0.15) is 11.5 Å². The van der Waals surface area contributed by atoms with E-state index in [4.69, 9.17) is 0 Å². The van der Waals surface area contributed by atoms with Crippen LogP contribution in [-0.2, 0) is 0 Å². The smallest absolute Gasteiger partial charge is 0.0376 e. The number of rotatable bonds is 0. The largest absolute Gasteiger partial charge is 0.384 e. The topological polar surface area (TPSA) is 15.3 Å². The second-order valence-corrected chi connectivity index (χ2v) is 4.56. The third-order valence-electron chi connectivity index (χ3n) is 3.54. The Labute approximate surface area is 84.9 Å². The van der Waals surface area contributed by atoms with Crippen molar-refractivity contribution in [2.24, 2.45) is 5.92 Å². The van der Waals surface area contributed by atoms with E-state index < -0.39 is 0 Å². The van der Waals surface area contributed by atoms with Gasteiger partial charge in [0.15, 0.2) is 0 Å². The SMILES string of the molecule is CN1CC2CNc3ccccc3C2C1. The van der Waals surface area contributed by atoms with E-state index in [1.54, 1.807) is 0 Å². The molecule has 0 radical (unpaired) electrons. The number of likely N-dealkylation sites (tertiary alicyclic amines) is 1. The first-order chi connectivity index (χ1) is 6.84. The van der Waals surface area contributed by atoms with Gasteiger partial charge in [-0.05, 0) is 24.6 Å². The number of likely N-dealkylation sites (N-methyl/N-ethyl adjacent to an activating group) is 1. The summed E-state index contributed by atoms with van der Waals surface area (Å²) in [6.45, 7) is 3.61. The second kappa shape index (κ2) is 2.99. The third kappa shape index (κ3) is 1.14. The van der Waals surface area contributed by atoms with E-state index in [2.05, 4.69) is 41.5 Å². The molecule has 1 aromatic carbocycles. The Morgan fingerprint density at radius 2 is 2.14 bits per heavy atom. The van der Waals surface area contributed by atoms with Gasteiger partial charge in [0.05, 0.1) is 0 Å². The molecule has 2 aliphatic heterocycles. The van der Waals surface area contributed by atoms with Gasteiger partial charge in [-0.3, -0.25) is 0 Å². The first kappa shape index (κ1) is 8.30. The maximum atomic E-state index is 3.53. The van der Waals surface area contributed by atoms with Gasteiger partial charge in [0.25, 0.3) is 0 Å². The molecule has 2 atom stereocenters. The van der Waals surface area contributed by atoms with Crippen molar-refractivity contribution in [2.75, 3.05) is 32.0 Å². The summed E-state index contributed by atoms with van der Waals surface area (Å²) in [5.41, 5.74) is 2.87. The van der Waals surface area contributed by atoms with Crippen LogP contribution in [0.25, 0.3) is 0 Å². The Hall–Kier alpha value is -1.02. The lowest BCUT2D eigenvalue weighted by atomic mass is 9.85. The van der Waals surface area contributed by atoms with Gasteiger partial charge in [-0.1, -0.05) is 18.2 Å². The van der Waals surface area contributed by atoms with Crippen LogP contribution in [0.4, 0.5) is 5.69 Å². The van der Waals surface area contributed by atoms with E-state index in [1.807, 2.05) is 0 Å². The number of nitrogens with one attached hydrogen (secondary N) is 1. The summed E-state index contributed by atoms with van der Waals surface area (Å²) in [6.07, 6.45) is 0. The zero-order valence-electron chi connectivity index (χ0n) is 8.53. The molecule has 0 amide bonds. The number of anilines is 1. The molecule has 0 spiro atoms. The molecular formula is C12H16N2. The van der Waals surface area contributed by atoms with E-state index in [-0.39, 0.29) is 0 Å². The maximum Gasteiger partial charge on any atom is 0.0376 e. The van der Waals surface area contributed by atoms with Crippen molar-refractivity contribution in [3.8, 4) is 0 Å². The molecule has 2 nitrogen and oxygen atoms in total. The Morgan fingerprint density at radius 3 is 3.07 bits per heavy atom. The van der Waals surface area contributed by atoms with Crippen molar-refractivity contribution in [1.82, 2.24) is 4.90 Å². The standard InChI is InChI=1S/C12H16N2/c1-14-7-9-6-13-12-5-3-2-4-10(12)11(9)8-14/h2-5,9,11,13H,6-8H2,1H3. The molecular weight excluding hydrogens is 172 g/mol. The lowest BCUT2D eigenvalue weighted by Gasteiger charge is -2.28. The van der Waals surface area contributed by atoms with Gasteiger partial charge in [0.2, 0.25) is 0 Å². The van der Waals surface area contributed by atoms with Crippen molar-refractivity contribution in [1.29, 1.82) is 0 Å². The van der Waals surface area contributed by atoms with Crippen LogP contribution in [-0.4, -0.2) is 31.6 Å². The van der Waals surface area contributed by atoms with Gasteiger partial charge in [-0.2, -0.15) is 0 Å². The molecule has 2 heteroatoms. The van der Waals surface area contributed by atoms with E-state index >= 15 is 0 Å². The second-order valence-electron chi connectivity index (χ2n) is 4.56. The predicted molar refractivity (Wildman–Crippen MR) is 58.7 cm³/mol. The summed E-state index contributed by atoms with van der Waals surface area (Å²) >= 11 is 0. The van der Waals surface area contributed by atoms with Crippen molar-refractivity contribution < 1.29 is 0 Å². The molecule has 0 saturated carbocycles. The molecule has 0 aliphatic carbocycles. The average molecular weight is 188 g/mol. The molecule has 1 N–H and O–H groups in total. The number of nitrogens with zero attached hydrogens (tertiary/aromatic N) is 1. The molecule has 2 heterocycles. The van der Waals surface area contributed by atoms with Crippen molar-refractivity contribution >= 4 is 5.69 Å². The minimum absolute atomic E-state index is 0.762. The summed E-state index contributed by atoms with van der Waals surface area (Å²) in [7, 11) is 2.22. The molecule has 1 saturated heterocycles. The lowest BCUT2D eigenvalue weighted by molar-refractivity contribution is 0.399. The summed E-state index contributed by atoms with van der Waals surface area (Å²) in [6, 6.07) is 8.74. The highest BCUT2D eigenvalue weighted by Crippen LogP contribution is 2.39. The van der Waals surface area contributed by atoms with Gasteiger partial charge in [0, 0.05) is 31.2 Å². The number of hydrogen-bond donors (Lipinski definition) is 1. The number of benzene rings is 1. The molecule has 1 fully saturated rings. The third-order valence-corrected chi connectivity index (χ3v) is 3.54. The van der Waals surface area contributed by atoms with Crippen molar-refractivity contribution in [3.05, 3.63) is 29.8 Å². The molecule has 3 rings (SSSR count). The monoisotopic (exact) mass is 188 g/mol. The fraction of sp³-hybridized carbons (Fsp3) is 0.500. The van der Waals surface area contributed by atoms with Crippen LogP contribution in [0.3, 0.4) is 0 Å². The molecule has 2 unspecified atom stereocenters. The van der Waals surface area contributed by atoms with Gasteiger partial charge >= 0.3 is 0 Å². The minimum atomic E-state index is 0.762. The van der Waals surface area contributed by atoms with Crippen LogP contribution in [0, 0.1) is 5.92 Å². The van der Waals surface area contributed by atoms with Crippen LogP contribution in [0.5, 0.6) is 0 Å². The normalized spacial score (nSPS) is 30.6. The minimum Gasteiger partial charge on any atom is -0.384 e. The summed E-state index contributed by atoms with van der Waals surface area (Å²) < 4.78 is 0. The number of para-hydroxylation sites is 1. The van der Waals surface area contributed by atoms with Crippen LogP contribution in [0.15, 0.2) is 24.3 Å². The highest BCUT2D eigenvalue weighted by atomic mass is 15.1. The molecule has 0 aromatic heterocycles. The van der Waals surface area contributed by atoms with E-state index in [1.165, 1.54) is 24.3 Å². The predicted octanol–water partition coefficient (Wildman–Crippen LogP) is 1.76. The van der Waals surface area contributed by atoms with Gasteiger partial charge in [-0.25, -0.2) is 0 Å².